The molecule has 6 nitrogen and oxygen atoms in total. The number of hydrogen-bond acceptors (Lipinski definition) is 6. The van der Waals surface area contributed by atoms with E-state index < -0.39 is 23.5 Å². The zero-order chi connectivity index (χ0) is 13.6. The fraction of sp³-hybridized carbons (Fsp3) is 0.750. The molecule has 0 aromatic heterocycles. The van der Waals surface area contributed by atoms with Gasteiger partial charge in [-0.15, -0.1) is 0 Å². The van der Waals surface area contributed by atoms with E-state index in [9.17, 15) is 9.90 Å². The predicted octanol–water partition coefficient (Wildman–Crippen LogP) is 0.407. The summed E-state index contributed by atoms with van der Waals surface area (Å²) in [6, 6.07) is 0. The molecule has 0 radical (unpaired) electrons. The van der Waals surface area contributed by atoms with Crippen LogP contribution in [0.15, 0.2) is 11.8 Å². The Bertz CT molecular complexity index is 392. The highest BCUT2D eigenvalue weighted by atomic mass is 16.8. The largest absolute Gasteiger partial charge is 0.494 e. The molecule has 1 N–H and O–H groups in total. The molecule has 18 heavy (non-hydrogen) atoms. The van der Waals surface area contributed by atoms with Crippen LogP contribution in [-0.2, 0) is 23.7 Å². The fourth-order valence-corrected chi connectivity index (χ4v) is 2.64. The molecule has 4 unspecified atom stereocenters. The smallest absolute Gasteiger partial charge is 0.337 e. The Hall–Kier alpha value is -1.11. The summed E-state index contributed by atoms with van der Waals surface area (Å²) in [5, 5.41) is 9.58. The third-order valence-electron chi connectivity index (χ3n) is 3.94. The van der Waals surface area contributed by atoms with Crippen LogP contribution in [0.5, 0.6) is 0 Å². The molecule has 0 amide bonds. The van der Waals surface area contributed by atoms with Gasteiger partial charge in [-0.25, -0.2) is 4.79 Å². The maximum Gasteiger partial charge on any atom is 0.337 e. The number of hydrogen-bond donors (Lipinski definition) is 1. The van der Waals surface area contributed by atoms with Gasteiger partial charge in [0.2, 0.25) is 0 Å². The summed E-state index contributed by atoms with van der Waals surface area (Å²) in [6.45, 7) is 3.42. The second kappa shape index (κ2) is 4.22. The Morgan fingerprint density at radius 2 is 2.17 bits per heavy atom. The fourth-order valence-electron chi connectivity index (χ4n) is 2.64. The Morgan fingerprint density at radius 3 is 2.67 bits per heavy atom. The minimum absolute atomic E-state index is 0.169. The number of carbonyl (C=O) groups is 1. The lowest BCUT2D eigenvalue weighted by Gasteiger charge is -2.30. The zero-order valence-electron chi connectivity index (χ0n) is 10.9. The van der Waals surface area contributed by atoms with Gasteiger partial charge in [0, 0.05) is 13.0 Å². The van der Waals surface area contributed by atoms with Crippen LogP contribution >= 0.6 is 0 Å². The molecular formula is C12H18O6. The van der Waals surface area contributed by atoms with Gasteiger partial charge in [-0.05, 0) is 6.92 Å². The molecule has 6 heteroatoms. The molecule has 0 aromatic rings. The van der Waals surface area contributed by atoms with Crippen LogP contribution in [0.25, 0.3) is 0 Å². The molecule has 2 aliphatic rings. The van der Waals surface area contributed by atoms with Crippen LogP contribution in [0.2, 0.25) is 0 Å². The second-order valence-electron chi connectivity index (χ2n) is 4.70. The molecule has 0 saturated carbocycles. The SMILES string of the molecule is COC1=CC(=O)OC12OC(C)(OC)C(C)C2CO. The quantitative estimate of drug-likeness (QED) is 0.739. The van der Waals surface area contributed by atoms with Crippen LogP contribution in [0.1, 0.15) is 13.8 Å². The summed E-state index contributed by atoms with van der Waals surface area (Å²) in [4.78, 5) is 11.5. The van der Waals surface area contributed by atoms with Gasteiger partial charge in [0.15, 0.2) is 11.5 Å². The van der Waals surface area contributed by atoms with Gasteiger partial charge in [0.05, 0.1) is 25.7 Å². The normalized spacial score (nSPS) is 43.2. The minimum atomic E-state index is -1.38. The van der Waals surface area contributed by atoms with Crippen molar-refractivity contribution in [2.75, 3.05) is 20.8 Å². The van der Waals surface area contributed by atoms with Gasteiger partial charge in [0.1, 0.15) is 0 Å². The number of methoxy groups -OCH3 is 2. The summed E-state index contributed by atoms with van der Waals surface area (Å²) in [5.74, 6) is -3.23. The number of aliphatic hydroxyl groups is 1. The van der Waals surface area contributed by atoms with Crippen molar-refractivity contribution in [3.63, 3.8) is 0 Å². The molecule has 102 valence electrons. The molecule has 0 aliphatic carbocycles. The van der Waals surface area contributed by atoms with Crippen LogP contribution in [0, 0.1) is 11.8 Å². The second-order valence-corrected chi connectivity index (χ2v) is 4.70. The summed E-state index contributed by atoms with van der Waals surface area (Å²) in [6.07, 6.45) is 1.23. The Labute approximate surface area is 105 Å². The summed E-state index contributed by atoms with van der Waals surface area (Å²) in [7, 11) is 2.94. The first-order chi connectivity index (χ1) is 8.43. The molecular weight excluding hydrogens is 240 g/mol. The molecule has 2 heterocycles. The van der Waals surface area contributed by atoms with Crippen LogP contribution < -0.4 is 0 Å². The highest BCUT2D eigenvalue weighted by Crippen LogP contribution is 2.52. The van der Waals surface area contributed by atoms with E-state index in [0.717, 1.165) is 0 Å². The number of rotatable bonds is 3. The number of ether oxygens (including phenoxy) is 4. The van der Waals surface area contributed by atoms with Crippen molar-refractivity contribution in [3.05, 3.63) is 11.8 Å². The van der Waals surface area contributed by atoms with Crippen molar-refractivity contribution < 1.29 is 28.8 Å². The maximum absolute atomic E-state index is 11.5. The van der Waals surface area contributed by atoms with Crippen molar-refractivity contribution in [2.24, 2.45) is 11.8 Å². The van der Waals surface area contributed by atoms with Gasteiger partial charge >= 0.3 is 5.97 Å². The molecule has 2 aliphatic heterocycles. The topological polar surface area (TPSA) is 74.2 Å². The van der Waals surface area contributed by atoms with Crippen LogP contribution in [0.4, 0.5) is 0 Å². The molecule has 2 rings (SSSR count). The number of aliphatic hydroxyl groups excluding tert-OH is 1. The molecule has 1 fully saturated rings. The monoisotopic (exact) mass is 258 g/mol. The standard InChI is InChI=1S/C12H18O6/c1-7-8(6-13)12(18-11(7,2)16-4)9(15-3)5-10(14)17-12/h5,7-8,13H,6H2,1-4H3. The lowest BCUT2D eigenvalue weighted by molar-refractivity contribution is -0.295. The first-order valence-corrected chi connectivity index (χ1v) is 5.79. The van der Waals surface area contributed by atoms with E-state index in [0.29, 0.717) is 0 Å². The van der Waals surface area contributed by atoms with E-state index in [4.69, 9.17) is 18.9 Å². The van der Waals surface area contributed by atoms with Crippen molar-refractivity contribution >= 4 is 5.97 Å². The first kappa shape index (κ1) is 13.3. The Kier molecular flexibility index (Phi) is 3.12. The van der Waals surface area contributed by atoms with Crippen LogP contribution in [-0.4, -0.2) is 43.5 Å². The lowest BCUT2D eigenvalue weighted by atomic mass is 9.85. The molecule has 1 spiro atoms. The summed E-state index contributed by atoms with van der Waals surface area (Å²) in [5.41, 5.74) is 0. The predicted molar refractivity (Wildman–Crippen MR) is 60.2 cm³/mol. The van der Waals surface area contributed by atoms with Gasteiger partial charge in [0.25, 0.3) is 5.79 Å². The third-order valence-corrected chi connectivity index (χ3v) is 3.94. The number of esters is 1. The van der Waals surface area contributed by atoms with Crippen LogP contribution in [0.3, 0.4) is 0 Å². The zero-order valence-corrected chi connectivity index (χ0v) is 10.9. The molecule has 0 bridgehead atoms. The lowest BCUT2D eigenvalue weighted by Crippen LogP contribution is -2.42. The van der Waals surface area contributed by atoms with E-state index in [1.807, 2.05) is 6.92 Å². The van der Waals surface area contributed by atoms with Gasteiger partial charge < -0.3 is 24.1 Å². The van der Waals surface area contributed by atoms with Gasteiger partial charge in [-0.2, -0.15) is 0 Å². The summed E-state index contributed by atoms with van der Waals surface area (Å²) < 4.78 is 21.6. The first-order valence-electron chi connectivity index (χ1n) is 5.79. The van der Waals surface area contributed by atoms with Crippen molar-refractivity contribution in [1.82, 2.24) is 0 Å². The highest BCUT2D eigenvalue weighted by Gasteiger charge is 2.66. The van der Waals surface area contributed by atoms with Crippen molar-refractivity contribution in [2.45, 2.75) is 25.4 Å². The third kappa shape index (κ3) is 1.56. The van der Waals surface area contributed by atoms with E-state index in [1.54, 1.807) is 6.92 Å². The van der Waals surface area contributed by atoms with Gasteiger partial charge in [-0.3, -0.25) is 0 Å². The Balaban J connectivity index is 2.45. The average Bonchev–Trinajstić information content (AvgIpc) is 2.76. The molecule has 1 saturated heterocycles. The molecule has 4 atom stereocenters. The average molecular weight is 258 g/mol. The van der Waals surface area contributed by atoms with Crippen molar-refractivity contribution in [1.29, 1.82) is 0 Å². The minimum Gasteiger partial charge on any atom is -0.494 e. The maximum atomic E-state index is 11.5. The van der Waals surface area contributed by atoms with E-state index in [2.05, 4.69) is 0 Å². The van der Waals surface area contributed by atoms with Gasteiger partial charge in [-0.1, -0.05) is 6.92 Å². The van der Waals surface area contributed by atoms with E-state index >= 15 is 0 Å². The highest BCUT2D eigenvalue weighted by molar-refractivity contribution is 5.86. The van der Waals surface area contributed by atoms with E-state index in [-0.39, 0.29) is 18.3 Å². The van der Waals surface area contributed by atoms with Crippen molar-refractivity contribution in [3.8, 4) is 0 Å². The number of carbonyl (C=O) groups excluding carboxylic acids is 1. The summed E-state index contributed by atoms with van der Waals surface area (Å²) >= 11 is 0. The van der Waals surface area contributed by atoms with E-state index in [1.165, 1.54) is 20.3 Å². The Morgan fingerprint density at radius 1 is 1.50 bits per heavy atom. The molecule has 0 aromatic carbocycles.